The Morgan fingerprint density at radius 1 is 1.32 bits per heavy atom. The van der Waals surface area contributed by atoms with E-state index < -0.39 is 17.5 Å². The Hall–Kier alpha value is -1.88. The molecule has 0 saturated heterocycles. The van der Waals surface area contributed by atoms with Crippen molar-refractivity contribution >= 4 is 11.9 Å². The van der Waals surface area contributed by atoms with Gasteiger partial charge in [0.05, 0.1) is 0 Å². The molecule has 1 aromatic carbocycles. The maximum atomic E-state index is 11.9. The van der Waals surface area contributed by atoms with E-state index in [2.05, 4.69) is 0 Å². The third kappa shape index (κ3) is 4.06. The second-order valence-electron chi connectivity index (χ2n) is 4.94. The van der Waals surface area contributed by atoms with Gasteiger partial charge in [0.2, 0.25) is 5.54 Å². The fourth-order valence-electron chi connectivity index (χ4n) is 1.75. The number of carbonyl (C=O) groups excluding carboxylic acids is 1. The normalized spacial score (nSPS) is 13.9. The molecule has 3 N–H and O–H groups in total. The Morgan fingerprint density at radius 3 is 2.37 bits per heavy atom. The molecule has 0 fully saturated rings. The van der Waals surface area contributed by atoms with E-state index in [0.29, 0.717) is 0 Å². The Kier molecular flexibility index (Phi) is 5.06. The van der Waals surface area contributed by atoms with Crippen LogP contribution in [-0.2, 0) is 20.9 Å². The zero-order valence-electron chi connectivity index (χ0n) is 11.1. The maximum Gasteiger partial charge on any atom is 0.338 e. The summed E-state index contributed by atoms with van der Waals surface area (Å²) in [6.07, 6.45) is 0.0377. The van der Waals surface area contributed by atoms with Crippen molar-refractivity contribution in [1.29, 1.82) is 0 Å². The summed E-state index contributed by atoms with van der Waals surface area (Å²) < 4.78 is 5.01. The number of aliphatic carboxylic acids is 1. The van der Waals surface area contributed by atoms with Crippen LogP contribution in [0.1, 0.15) is 25.8 Å². The van der Waals surface area contributed by atoms with Gasteiger partial charge >= 0.3 is 11.9 Å². The molecule has 1 aromatic rings. The predicted molar refractivity (Wildman–Crippen MR) is 70.2 cm³/mol. The van der Waals surface area contributed by atoms with Crippen LogP contribution < -0.4 is 5.73 Å². The second kappa shape index (κ2) is 6.33. The SMILES string of the molecule is CC(C)C[C@@](N)(C(=O)O)C(=O)OCc1ccccc1. The van der Waals surface area contributed by atoms with E-state index in [9.17, 15) is 9.59 Å². The number of hydrogen-bond acceptors (Lipinski definition) is 4. The number of carbonyl (C=O) groups is 2. The number of ether oxygens (including phenoxy) is 1. The van der Waals surface area contributed by atoms with Crippen molar-refractivity contribution in [1.82, 2.24) is 0 Å². The molecule has 5 heteroatoms. The van der Waals surface area contributed by atoms with Crippen LogP contribution in [0.5, 0.6) is 0 Å². The Labute approximate surface area is 112 Å². The Morgan fingerprint density at radius 2 is 1.89 bits per heavy atom. The van der Waals surface area contributed by atoms with Crippen LogP contribution in [0, 0.1) is 5.92 Å². The summed E-state index contributed by atoms with van der Waals surface area (Å²) >= 11 is 0. The van der Waals surface area contributed by atoms with Crippen molar-refractivity contribution in [2.45, 2.75) is 32.4 Å². The van der Waals surface area contributed by atoms with Gasteiger partial charge in [0, 0.05) is 0 Å². The molecule has 0 unspecified atom stereocenters. The van der Waals surface area contributed by atoms with Gasteiger partial charge in [-0.25, -0.2) is 9.59 Å². The van der Waals surface area contributed by atoms with Gasteiger partial charge in [0.25, 0.3) is 0 Å². The molecule has 0 saturated carbocycles. The minimum Gasteiger partial charge on any atom is -0.479 e. The largest absolute Gasteiger partial charge is 0.479 e. The van der Waals surface area contributed by atoms with E-state index in [0.717, 1.165) is 5.56 Å². The quantitative estimate of drug-likeness (QED) is 0.601. The van der Waals surface area contributed by atoms with Crippen LogP contribution >= 0.6 is 0 Å². The minimum absolute atomic E-state index is 0.0179. The lowest BCUT2D eigenvalue weighted by molar-refractivity contribution is -0.162. The van der Waals surface area contributed by atoms with Crippen molar-refractivity contribution in [3.8, 4) is 0 Å². The zero-order valence-corrected chi connectivity index (χ0v) is 11.1. The molecule has 19 heavy (non-hydrogen) atoms. The summed E-state index contributed by atoms with van der Waals surface area (Å²) in [5.74, 6) is -2.29. The van der Waals surface area contributed by atoms with E-state index in [4.69, 9.17) is 15.6 Å². The minimum atomic E-state index is -1.98. The number of benzene rings is 1. The van der Waals surface area contributed by atoms with E-state index in [-0.39, 0.29) is 18.9 Å². The van der Waals surface area contributed by atoms with Gasteiger partial charge in [-0.1, -0.05) is 44.2 Å². The molecule has 0 radical (unpaired) electrons. The number of carboxylic acids is 1. The van der Waals surface area contributed by atoms with Crippen LogP contribution in [-0.4, -0.2) is 22.6 Å². The van der Waals surface area contributed by atoms with Gasteiger partial charge in [-0.3, -0.25) is 0 Å². The Bertz CT molecular complexity index is 444. The van der Waals surface area contributed by atoms with Gasteiger partial charge in [-0.15, -0.1) is 0 Å². The van der Waals surface area contributed by atoms with E-state index in [1.807, 2.05) is 18.2 Å². The molecule has 0 aliphatic rings. The predicted octanol–water partition coefficient (Wildman–Crippen LogP) is 1.56. The molecule has 0 amide bonds. The van der Waals surface area contributed by atoms with Crippen LogP contribution in [0.3, 0.4) is 0 Å². The molecule has 104 valence electrons. The van der Waals surface area contributed by atoms with Crippen molar-refractivity contribution in [3.63, 3.8) is 0 Å². The van der Waals surface area contributed by atoms with Crippen LogP contribution in [0.2, 0.25) is 0 Å². The van der Waals surface area contributed by atoms with E-state index >= 15 is 0 Å². The first kappa shape index (κ1) is 15.2. The van der Waals surface area contributed by atoms with Crippen LogP contribution in [0.15, 0.2) is 30.3 Å². The average Bonchev–Trinajstić information content (AvgIpc) is 2.36. The highest BCUT2D eigenvalue weighted by Gasteiger charge is 2.44. The van der Waals surface area contributed by atoms with Crippen LogP contribution in [0.4, 0.5) is 0 Å². The lowest BCUT2D eigenvalue weighted by atomic mass is 9.90. The van der Waals surface area contributed by atoms with Crippen LogP contribution in [0.25, 0.3) is 0 Å². The maximum absolute atomic E-state index is 11.9. The highest BCUT2D eigenvalue weighted by atomic mass is 16.5. The summed E-state index contributed by atoms with van der Waals surface area (Å²) in [7, 11) is 0. The Balaban J connectivity index is 2.71. The molecule has 0 aliphatic heterocycles. The van der Waals surface area contributed by atoms with E-state index in [1.54, 1.807) is 26.0 Å². The van der Waals surface area contributed by atoms with Gasteiger partial charge in [-0.2, -0.15) is 0 Å². The molecule has 0 bridgehead atoms. The molecule has 1 atom stereocenters. The molecule has 0 aromatic heterocycles. The summed E-state index contributed by atoms with van der Waals surface area (Å²) in [6.45, 7) is 3.62. The molecule has 0 heterocycles. The summed E-state index contributed by atoms with van der Waals surface area (Å²) in [4.78, 5) is 23.1. The first-order chi connectivity index (χ1) is 8.86. The molecular weight excluding hydrogens is 246 g/mol. The summed E-state index contributed by atoms with van der Waals surface area (Å²) in [5.41, 5.74) is 4.48. The van der Waals surface area contributed by atoms with Gasteiger partial charge in [-0.05, 0) is 17.9 Å². The van der Waals surface area contributed by atoms with E-state index in [1.165, 1.54) is 0 Å². The molecule has 0 aliphatic carbocycles. The summed E-state index contributed by atoms with van der Waals surface area (Å²) in [5, 5.41) is 9.12. The lowest BCUT2D eigenvalue weighted by Gasteiger charge is -2.24. The van der Waals surface area contributed by atoms with Gasteiger partial charge in [0.1, 0.15) is 6.61 Å². The van der Waals surface area contributed by atoms with Crippen molar-refractivity contribution in [2.24, 2.45) is 11.7 Å². The summed E-state index contributed by atoms with van der Waals surface area (Å²) in [6, 6.07) is 9.03. The number of nitrogens with two attached hydrogens (primary N) is 1. The smallest absolute Gasteiger partial charge is 0.338 e. The standard InChI is InChI=1S/C14H19NO4/c1-10(2)8-14(15,12(16)17)13(18)19-9-11-6-4-3-5-7-11/h3-7,10H,8-9,15H2,1-2H3,(H,16,17)/t14-/m1/s1. The molecule has 1 rings (SSSR count). The first-order valence-corrected chi connectivity index (χ1v) is 6.09. The molecular formula is C14H19NO4. The number of esters is 1. The third-order valence-corrected chi connectivity index (χ3v) is 2.69. The topological polar surface area (TPSA) is 89.6 Å². The highest BCUT2D eigenvalue weighted by molar-refractivity contribution is 6.03. The monoisotopic (exact) mass is 265 g/mol. The van der Waals surface area contributed by atoms with Crippen molar-refractivity contribution in [2.75, 3.05) is 0 Å². The molecule has 0 spiro atoms. The fraction of sp³-hybridized carbons (Fsp3) is 0.429. The average molecular weight is 265 g/mol. The van der Waals surface area contributed by atoms with Crippen molar-refractivity contribution in [3.05, 3.63) is 35.9 Å². The fourth-order valence-corrected chi connectivity index (χ4v) is 1.75. The lowest BCUT2D eigenvalue weighted by Crippen LogP contribution is -2.56. The first-order valence-electron chi connectivity index (χ1n) is 6.09. The zero-order chi connectivity index (χ0) is 14.5. The molecule has 5 nitrogen and oxygen atoms in total. The number of rotatable bonds is 6. The van der Waals surface area contributed by atoms with Gasteiger partial charge < -0.3 is 15.6 Å². The van der Waals surface area contributed by atoms with Crippen molar-refractivity contribution < 1.29 is 19.4 Å². The van der Waals surface area contributed by atoms with Gasteiger partial charge in [0.15, 0.2) is 0 Å². The number of carboxylic acid groups (broad SMARTS) is 1. The number of hydrogen-bond donors (Lipinski definition) is 2. The third-order valence-electron chi connectivity index (χ3n) is 2.69. The second-order valence-corrected chi connectivity index (χ2v) is 4.94. The highest BCUT2D eigenvalue weighted by Crippen LogP contribution is 2.17.